The Morgan fingerprint density at radius 3 is 2.68 bits per heavy atom. The van der Waals surface area contributed by atoms with Gasteiger partial charge in [0.15, 0.2) is 5.82 Å². The molecular weight excluding hydrogens is 422 g/mol. The normalized spacial score (nSPS) is 23.9. The van der Waals surface area contributed by atoms with Crippen LogP contribution in [-0.2, 0) is 0 Å². The van der Waals surface area contributed by atoms with Crippen molar-refractivity contribution in [2.24, 2.45) is 11.8 Å². The summed E-state index contributed by atoms with van der Waals surface area (Å²) >= 11 is 0. The van der Waals surface area contributed by atoms with Crippen molar-refractivity contribution >= 4 is 38.7 Å². The van der Waals surface area contributed by atoms with Gasteiger partial charge in [0, 0.05) is 58.8 Å². The molecule has 3 aliphatic rings. The summed E-state index contributed by atoms with van der Waals surface area (Å²) in [5, 5.41) is 10.7. The number of nitrogens with zero attached hydrogens (tertiary/aromatic N) is 4. The Labute approximate surface area is 196 Å². The topological polar surface area (TPSA) is 91.4 Å². The zero-order valence-electron chi connectivity index (χ0n) is 18.8. The van der Waals surface area contributed by atoms with Crippen LogP contribution in [0.3, 0.4) is 0 Å². The minimum absolute atomic E-state index is 0.486. The van der Waals surface area contributed by atoms with E-state index >= 15 is 0 Å². The molecule has 4 aromatic heterocycles. The first-order valence-electron chi connectivity index (χ1n) is 12.3. The monoisotopic (exact) mass is 447 g/mol. The lowest BCUT2D eigenvalue weighted by Crippen LogP contribution is -2.22. The maximum absolute atomic E-state index is 5.20. The quantitative estimate of drug-likeness (QED) is 0.372. The maximum Gasteiger partial charge on any atom is 0.163 e. The van der Waals surface area contributed by atoms with Gasteiger partial charge in [0.25, 0.3) is 0 Å². The lowest BCUT2D eigenvalue weighted by Gasteiger charge is -2.27. The number of piperidine rings is 1. The Kier molecular flexibility index (Phi) is 3.85. The van der Waals surface area contributed by atoms with E-state index in [4.69, 9.17) is 9.97 Å². The molecule has 3 N–H and O–H groups in total. The highest BCUT2D eigenvalue weighted by molar-refractivity contribution is 6.12. The van der Waals surface area contributed by atoms with Crippen LogP contribution in [0.25, 0.3) is 44.2 Å². The van der Waals surface area contributed by atoms with E-state index in [1.54, 1.807) is 0 Å². The molecule has 2 saturated carbocycles. The van der Waals surface area contributed by atoms with Crippen LogP contribution in [-0.4, -0.2) is 44.1 Å². The number of hydrogen-bond acceptors (Lipinski definition) is 6. The molecule has 1 aliphatic heterocycles. The fraction of sp³-hybridized carbons (Fsp3) is 0.333. The molecule has 1 aromatic carbocycles. The van der Waals surface area contributed by atoms with Crippen LogP contribution in [0.4, 0.5) is 5.82 Å². The van der Waals surface area contributed by atoms with Gasteiger partial charge >= 0.3 is 0 Å². The molecule has 1 saturated heterocycles. The summed E-state index contributed by atoms with van der Waals surface area (Å²) in [4.78, 5) is 22.9. The molecule has 8 rings (SSSR count). The molecule has 0 radical (unpaired) electrons. The van der Waals surface area contributed by atoms with Crippen molar-refractivity contribution in [3.8, 4) is 11.4 Å². The van der Waals surface area contributed by atoms with Crippen LogP contribution in [0.15, 0.2) is 48.9 Å². The number of hydrogen-bond donors (Lipinski definition) is 3. The molecule has 34 heavy (non-hydrogen) atoms. The SMILES string of the molecule is c1ccc2c(c1)[nH]c1nccc(-c3nc(NC4[C@H]5CNC[C@@H]45)c4c(C5CCC5)cncc4n3)c12. The summed E-state index contributed by atoms with van der Waals surface area (Å²) in [6.45, 7) is 2.19. The van der Waals surface area contributed by atoms with Gasteiger partial charge in [-0.3, -0.25) is 4.98 Å². The van der Waals surface area contributed by atoms with Crippen LogP contribution in [0.5, 0.6) is 0 Å². The third-order valence-corrected chi connectivity index (χ3v) is 8.22. The Morgan fingerprint density at radius 2 is 1.82 bits per heavy atom. The zero-order chi connectivity index (χ0) is 22.2. The van der Waals surface area contributed by atoms with Crippen molar-refractivity contribution in [1.82, 2.24) is 30.2 Å². The lowest BCUT2D eigenvalue weighted by atomic mass is 9.79. The molecule has 0 spiro atoms. The molecule has 7 heteroatoms. The smallest absolute Gasteiger partial charge is 0.163 e. The number of benzene rings is 1. The van der Waals surface area contributed by atoms with Crippen LogP contribution >= 0.6 is 0 Å². The number of para-hydroxylation sites is 1. The molecule has 3 atom stereocenters. The van der Waals surface area contributed by atoms with Crippen molar-refractivity contribution in [2.45, 2.75) is 31.2 Å². The predicted octanol–water partition coefficient (Wildman–Crippen LogP) is 4.62. The van der Waals surface area contributed by atoms with Crippen LogP contribution in [0, 0.1) is 11.8 Å². The van der Waals surface area contributed by atoms with Gasteiger partial charge < -0.3 is 15.6 Å². The molecule has 3 fully saturated rings. The number of nitrogens with one attached hydrogen (secondary N) is 3. The zero-order valence-corrected chi connectivity index (χ0v) is 18.8. The minimum Gasteiger partial charge on any atom is -0.366 e. The molecule has 1 unspecified atom stereocenters. The Morgan fingerprint density at radius 1 is 0.941 bits per heavy atom. The Balaban J connectivity index is 1.35. The van der Waals surface area contributed by atoms with Gasteiger partial charge in [-0.2, -0.15) is 0 Å². The average Bonchev–Trinajstić information content (AvgIpc) is 3.16. The van der Waals surface area contributed by atoms with Crippen molar-refractivity contribution in [2.75, 3.05) is 18.4 Å². The van der Waals surface area contributed by atoms with E-state index in [1.165, 1.54) is 24.8 Å². The van der Waals surface area contributed by atoms with Gasteiger partial charge in [-0.05, 0) is 48.3 Å². The van der Waals surface area contributed by atoms with Gasteiger partial charge in [-0.1, -0.05) is 24.6 Å². The molecule has 2 aliphatic carbocycles. The molecule has 5 heterocycles. The summed E-state index contributed by atoms with van der Waals surface area (Å²) in [6, 6.07) is 10.8. The highest BCUT2D eigenvalue weighted by Gasteiger charge is 2.53. The lowest BCUT2D eigenvalue weighted by molar-refractivity contribution is 0.421. The van der Waals surface area contributed by atoms with Gasteiger partial charge in [-0.25, -0.2) is 15.0 Å². The molecular formula is C27H25N7. The summed E-state index contributed by atoms with van der Waals surface area (Å²) < 4.78 is 0. The first-order valence-corrected chi connectivity index (χ1v) is 12.3. The molecule has 168 valence electrons. The maximum atomic E-state index is 5.20. The Hall–Kier alpha value is -3.58. The molecule has 0 amide bonds. The predicted molar refractivity (Wildman–Crippen MR) is 134 cm³/mol. The summed E-state index contributed by atoms with van der Waals surface area (Å²) in [5.74, 6) is 3.65. The Bertz CT molecular complexity index is 1570. The van der Waals surface area contributed by atoms with Crippen molar-refractivity contribution in [3.05, 3.63) is 54.5 Å². The average molecular weight is 448 g/mol. The number of aromatic amines is 1. The highest BCUT2D eigenvalue weighted by atomic mass is 15.1. The number of rotatable bonds is 4. The molecule has 5 aromatic rings. The first-order chi connectivity index (χ1) is 16.8. The second kappa shape index (κ2) is 6.96. The standard InChI is InChI=1S/C27H25N7/c1-2-7-20-15(6-1)22-16(8-9-30-26(22)31-20)25-32-21-13-29-10-17(14-4-3-5-14)23(21)27(34-25)33-24-18-11-28-12-19(18)24/h1-2,6-10,13-14,18-19,24,28H,3-5,11-12H2,(H,30,31)(H,32,33,34)/t18-,19+,24?. The number of pyridine rings is 2. The van der Waals surface area contributed by atoms with Gasteiger partial charge in [0.05, 0.1) is 11.7 Å². The van der Waals surface area contributed by atoms with Crippen LogP contribution in [0.2, 0.25) is 0 Å². The largest absolute Gasteiger partial charge is 0.366 e. The van der Waals surface area contributed by atoms with E-state index in [9.17, 15) is 0 Å². The van der Waals surface area contributed by atoms with Gasteiger partial charge in [0.2, 0.25) is 0 Å². The van der Waals surface area contributed by atoms with Crippen molar-refractivity contribution < 1.29 is 0 Å². The fourth-order valence-corrected chi connectivity index (χ4v) is 6.11. The number of anilines is 1. The molecule has 0 bridgehead atoms. The van der Waals surface area contributed by atoms with E-state index in [-0.39, 0.29) is 0 Å². The summed E-state index contributed by atoms with van der Waals surface area (Å²) in [6.07, 6.45) is 9.52. The van der Waals surface area contributed by atoms with E-state index in [1.807, 2.05) is 30.7 Å². The van der Waals surface area contributed by atoms with E-state index < -0.39 is 0 Å². The third-order valence-electron chi connectivity index (χ3n) is 8.22. The van der Waals surface area contributed by atoms with Gasteiger partial charge in [0.1, 0.15) is 11.5 Å². The third kappa shape index (κ3) is 2.67. The van der Waals surface area contributed by atoms with E-state index in [0.717, 1.165) is 63.1 Å². The second-order valence-corrected chi connectivity index (χ2v) is 10.1. The van der Waals surface area contributed by atoms with Crippen LogP contribution < -0.4 is 10.6 Å². The minimum atomic E-state index is 0.486. The van der Waals surface area contributed by atoms with E-state index in [0.29, 0.717) is 23.8 Å². The first kappa shape index (κ1) is 18.8. The fourth-order valence-electron chi connectivity index (χ4n) is 6.11. The van der Waals surface area contributed by atoms with Crippen molar-refractivity contribution in [1.29, 1.82) is 0 Å². The second-order valence-electron chi connectivity index (χ2n) is 10.1. The number of H-pyrrole nitrogens is 1. The highest BCUT2D eigenvalue weighted by Crippen LogP contribution is 2.46. The summed E-state index contributed by atoms with van der Waals surface area (Å²) in [7, 11) is 0. The van der Waals surface area contributed by atoms with Gasteiger partial charge in [-0.15, -0.1) is 0 Å². The number of fused-ring (bicyclic) bond motifs is 5. The summed E-state index contributed by atoms with van der Waals surface area (Å²) in [5.41, 5.74) is 5.16. The molecule has 7 nitrogen and oxygen atoms in total. The number of aromatic nitrogens is 5. The van der Waals surface area contributed by atoms with Crippen LogP contribution in [0.1, 0.15) is 30.7 Å². The van der Waals surface area contributed by atoms with E-state index in [2.05, 4.69) is 43.8 Å². The van der Waals surface area contributed by atoms with Crippen molar-refractivity contribution in [3.63, 3.8) is 0 Å².